The lowest BCUT2D eigenvalue weighted by molar-refractivity contribution is -0.120. The standard InChI is InChI=1S/C19H21ClN2O3/c1-13-11-15(20)8-9-17(13)25-12-19(24)22-16-6-4-3-5-14(16)7-10-18(23)21-2/h3-6,8-9,11H,7,10,12H2,1-2H3,(H,21,23)(H,22,24). The molecule has 2 aromatic rings. The van der Waals surface area contributed by atoms with Gasteiger partial charge in [-0.15, -0.1) is 0 Å². The van der Waals surface area contributed by atoms with Gasteiger partial charge in [0.25, 0.3) is 5.91 Å². The fourth-order valence-corrected chi connectivity index (χ4v) is 2.56. The highest BCUT2D eigenvalue weighted by molar-refractivity contribution is 6.30. The first kappa shape index (κ1) is 18.8. The van der Waals surface area contributed by atoms with Crippen LogP contribution in [0.4, 0.5) is 5.69 Å². The number of para-hydroxylation sites is 1. The van der Waals surface area contributed by atoms with Gasteiger partial charge in [-0.3, -0.25) is 9.59 Å². The fourth-order valence-electron chi connectivity index (χ4n) is 2.34. The average Bonchev–Trinajstić information content (AvgIpc) is 2.60. The predicted octanol–water partition coefficient (Wildman–Crippen LogP) is 3.34. The molecule has 2 N–H and O–H groups in total. The van der Waals surface area contributed by atoms with E-state index < -0.39 is 0 Å². The largest absolute Gasteiger partial charge is 0.483 e. The van der Waals surface area contributed by atoms with Crippen LogP contribution in [0.5, 0.6) is 5.75 Å². The molecular weight excluding hydrogens is 340 g/mol. The Balaban J connectivity index is 1.95. The average molecular weight is 361 g/mol. The van der Waals surface area contributed by atoms with E-state index in [0.717, 1.165) is 11.1 Å². The molecule has 0 saturated heterocycles. The molecule has 0 aliphatic heterocycles. The van der Waals surface area contributed by atoms with Crippen molar-refractivity contribution in [3.8, 4) is 5.75 Å². The van der Waals surface area contributed by atoms with Gasteiger partial charge in [-0.2, -0.15) is 0 Å². The summed E-state index contributed by atoms with van der Waals surface area (Å²) in [6.07, 6.45) is 0.914. The lowest BCUT2D eigenvalue weighted by Crippen LogP contribution is -2.22. The van der Waals surface area contributed by atoms with E-state index in [4.69, 9.17) is 16.3 Å². The summed E-state index contributed by atoms with van der Waals surface area (Å²) in [5.74, 6) is 0.317. The van der Waals surface area contributed by atoms with Crippen molar-refractivity contribution in [3.05, 3.63) is 58.6 Å². The third kappa shape index (κ3) is 5.80. The molecule has 0 saturated carbocycles. The van der Waals surface area contributed by atoms with E-state index >= 15 is 0 Å². The highest BCUT2D eigenvalue weighted by Gasteiger charge is 2.10. The molecule has 0 atom stereocenters. The molecule has 0 unspecified atom stereocenters. The molecule has 2 amide bonds. The first-order chi connectivity index (χ1) is 12.0. The van der Waals surface area contributed by atoms with Crippen LogP contribution in [0.2, 0.25) is 5.02 Å². The van der Waals surface area contributed by atoms with Gasteiger partial charge in [0.15, 0.2) is 6.61 Å². The summed E-state index contributed by atoms with van der Waals surface area (Å²) in [5, 5.41) is 6.04. The number of nitrogens with one attached hydrogen (secondary N) is 2. The Morgan fingerprint density at radius 2 is 1.88 bits per heavy atom. The van der Waals surface area contributed by atoms with Crippen molar-refractivity contribution in [2.45, 2.75) is 19.8 Å². The number of anilines is 1. The smallest absolute Gasteiger partial charge is 0.262 e. The normalized spacial score (nSPS) is 10.2. The van der Waals surface area contributed by atoms with E-state index in [1.165, 1.54) is 0 Å². The first-order valence-corrected chi connectivity index (χ1v) is 8.34. The molecule has 25 heavy (non-hydrogen) atoms. The van der Waals surface area contributed by atoms with Gasteiger partial charge in [0.2, 0.25) is 5.91 Å². The monoisotopic (exact) mass is 360 g/mol. The Hall–Kier alpha value is -2.53. The minimum atomic E-state index is -0.262. The van der Waals surface area contributed by atoms with Gasteiger partial charge in [-0.1, -0.05) is 29.8 Å². The van der Waals surface area contributed by atoms with Crippen molar-refractivity contribution in [1.82, 2.24) is 5.32 Å². The third-order valence-electron chi connectivity index (χ3n) is 3.69. The van der Waals surface area contributed by atoms with Crippen LogP contribution in [0.15, 0.2) is 42.5 Å². The first-order valence-electron chi connectivity index (χ1n) is 7.97. The Morgan fingerprint density at radius 3 is 2.60 bits per heavy atom. The molecule has 0 aromatic heterocycles. The summed E-state index contributed by atoms with van der Waals surface area (Å²) in [6.45, 7) is 1.76. The number of benzene rings is 2. The van der Waals surface area contributed by atoms with Crippen molar-refractivity contribution >= 4 is 29.1 Å². The molecule has 2 rings (SSSR count). The van der Waals surface area contributed by atoms with E-state index in [1.54, 1.807) is 25.2 Å². The van der Waals surface area contributed by atoms with Gasteiger partial charge in [-0.05, 0) is 48.7 Å². The molecule has 0 aliphatic carbocycles. The Kier molecular flexibility index (Phi) is 6.83. The molecule has 5 nitrogen and oxygen atoms in total. The van der Waals surface area contributed by atoms with Crippen LogP contribution >= 0.6 is 11.6 Å². The second kappa shape index (κ2) is 9.08. The molecule has 132 valence electrons. The van der Waals surface area contributed by atoms with E-state index in [-0.39, 0.29) is 18.4 Å². The number of amides is 2. The zero-order chi connectivity index (χ0) is 18.2. The summed E-state index contributed by atoms with van der Waals surface area (Å²) in [7, 11) is 1.60. The van der Waals surface area contributed by atoms with E-state index in [0.29, 0.717) is 29.3 Å². The van der Waals surface area contributed by atoms with Crippen molar-refractivity contribution in [3.63, 3.8) is 0 Å². The van der Waals surface area contributed by atoms with Gasteiger partial charge in [-0.25, -0.2) is 0 Å². The van der Waals surface area contributed by atoms with Crippen LogP contribution in [0.3, 0.4) is 0 Å². The number of ether oxygens (including phenoxy) is 1. The van der Waals surface area contributed by atoms with E-state index in [2.05, 4.69) is 10.6 Å². The Morgan fingerprint density at radius 1 is 1.12 bits per heavy atom. The summed E-state index contributed by atoms with van der Waals surface area (Å²) in [4.78, 5) is 23.6. The predicted molar refractivity (Wildman–Crippen MR) is 99.1 cm³/mol. The molecule has 0 aliphatic rings. The van der Waals surface area contributed by atoms with Crippen molar-refractivity contribution in [2.75, 3.05) is 19.0 Å². The highest BCUT2D eigenvalue weighted by Crippen LogP contribution is 2.22. The van der Waals surface area contributed by atoms with Gasteiger partial charge >= 0.3 is 0 Å². The maximum atomic E-state index is 12.2. The number of hydrogen-bond donors (Lipinski definition) is 2. The number of carbonyl (C=O) groups is 2. The lowest BCUT2D eigenvalue weighted by atomic mass is 10.1. The van der Waals surface area contributed by atoms with Gasteiger partial charge in [0.05, 0.1) is 0 Å². The number of carbonyl (C=O) groups excluding carboxylic acids is 2. The maximum absolute atomic E-state index is 12.2. The number of halogens is 1. The number of aryl methyl sites for hydroxylation is 2. The van der Waals surface area contributed by atoms with Crippen LogP contribution in [0, 0.1) is 6.92 Å². The summed E-state index contributed by atoms with van der Waals surface area (Å²) in [6, 6.07) is 12.7. The zero-order valence-corrected chi connectivity index (χ0v) is 15.0. The van der Waals surface area contributed by atoms with Crippen LogP contribution in [0.1, 0.15) is 17.5 Å². The van der Waals surface area contributed by atoms with Gasteiger partial charge < -0.3 is 15.4 Å². The second-order valence-corrected chi connectivity index (χ2v) is 6.01. The zero-order valence-electron chi connectivity index (χ0n) is 14.3. The molecule has 6 heteroatoms. The maximum Gasteiger partial charge on any atom is 0.262 e. The lowest BCUT2D eigenvalue weighted by Gasteiger charge is -2.12. The molecule has 0 spiro atoms. The highest BCUT2D eigenvalue weighted by atomic mass is 35.5. The van der Waals surface area contributed by atoms with Crippen molar-refractivity contribution in [1.29, 1.82) is 0 Å². The SMILES string of the molecule is CNC(=O)CCc1ccccc1NC(=O)COc1ccc(Cl)cc1C. The van der Waals surface area contributed by atoms with Crippen molar-refractivity contribution < 1.29 is 14.3 Å². The summed E-state index contributed by atoms with van der Waals surface area (Å²) in [5.41, 5.74) is 2.46. The minimum absolute atomic E-state index is 0.0392. The quantitative estimate of drug-likeness (QED) is 0.795. The van der Waals surface area contributed by atoms with Crippen LogP contribution in [-0.2, 0) is 16.0 Å². The Bertz CT molecular complexity index is 762. The molecule has 0 fully saturated rings. The number of hydrogen-bond acceptors (Lipinski definition) is 3. The second-order valence-electron chi connectivity index (χ2n) is 5.58. The fraction of sp³-hybridized carbons (Fsp3) is 0.263. The van der Waals surface area contributed by atoms with Gasteiger partial charge in [0, 0.05) is 24.2 Å². The molecular formula is C19H21ClN2O3. The molecule has 0 heterocycles. The van der Waals surface area contributed by atoms with Gasteiger partial charge in [0.1, 0.15) is 5.75 Å². The van der Waals surface area contributed by atoms with E-state index in [1.807, 2.05) is 31.2 Å². The summed E-state index contributed by atoms with van der Waals surface area (Å²) < 4.78 is 5.55. The Labute approximate surface area is 152 Å². The van der Waals surface area contributed by atoms with E-state index in [9.17, 15) is 9.59 Å². The topological polar surface area (TPSA) is 67.4 Å². The van der Waals surface area contributed by atoms with Crippen LogP contribution in [-0.4, -0.2) is 25.5 Å². The molecule has 0 radical (unpaired) electrons. The van der Waals surface area contributed by atoms with Crippen LogP contribution < -0.4 is 15.4 Å². The molecule has 0 bridgehead atoms. The summed E-state index contributed by atoms with van der Waals surface area (Å²) >= 11 is 5.90. The molecule has 2 aromatic carbocycles. The number of rotatable bonds is 7. The van der Waals surface area contributed by atoms with Crippen LogP contribution in [0.25, 0.3) is 0 Å². The van der Waals surface area contributed by atoms with Crippen molar-refractivity contribution in [2.24, 2.45) is 0 Å². The minimum Gasteiger partial charge on any atom is -0.483 e. The third-order valence-corrected chi connectivity index (χ3v) is 3.92.